The van der Waals surface area contributed by atoms with Gasteiger partial charge in [0.2, 0.25) is 0 Å². The highest BCUT2D eigenvalue weighted by Gasteiger charge is 2.06. The zero-order valence-corrected chi connectivity index (χ0v) is 14.1. The Morgan fingerprint density at radius 1 is 1.04 bits per heavy atom. The van der Waals surface area contributed by atoms with Gasteiger partial charge in [-0.1, -0.05) is 6.07 Å². The van der Waals surface area contributed by atoms with Gasteiger partial charge in [-0.25, -0.2) is 4.39 Å². The molecule has 3 aromatic rings. The van der Waals surface area contributed by atoms with Crippen LogP contribution in [0.4, 0.5) is 4.39 Å². The number of H-pyrrole nitrogens is 1. The van der Waals surface area contributed by atoms with Crippen molar-refractivity contribution in [1.82, 2.24) is 10.3 Å². The first-order chi connectivity index (χ1) is 12.1. The molecule has 0 saturated heterocycles. The van der Waals surface area contributed by atoms with Gasteiger partial charge in [-0.15, -0.1) is 0 Å². The molecule has 0 spiro atoms. The average molecular weight is 342 g/mol. The van der Waals surface area contributed by atoms with Gasteiger partial charge in [0.15, 0.2) is 5.43 Å². The van der Waals surface area contributed by atoms with E-state index < -0.39 is 5.82 Å². The fourth-order valence-electron chi connectivity index (χ4n) is 2.70. The van der Waals surface area contributed by atoms with Crippen molar-refractivity contribution in [2.45, 2.75) is 13.1 Å². The Morgan fingerprint density at radius 3 is 2.64 bits per heavy atom. The van der Waals surface area contributed by atoms with E-state index in [4.69, 9.17) is 9.47 Å². The van der Waals surface area contributed by atoms with Crippen LogP contribution < -0.4 is 20.2 Å². The summed E-state index contributed by atoms with van der Waals surface area (Å²) in [7, 11) is 3.22. The van der Waals surface area contributed by atoms with Crippen LogP contribution >= 0.6 is 0 Å². The van der Waals surface area contributed by atoms with E-state index in [9.17, 15) is 9.18 Å². The summed E-state index contributed by atoms with van der Waals surface area (Å²) in [6, 6.07) is 11.2. The highest BCUT2D eigenvalue weighted by molar-refractivity contribution is 5.78. The van der Waals surface area contributed by atoms with Crippen LogP contribution in [0.1, 0.15) is 11.3 Å². The third kappa shape index (κ3) is 3.80. The van der Waals surface area contributed by atoms with Gasteiger partial charge in [0.25, 0.3) is 0 Å². The number of fused-ring (bicyclic) bond motifs is 1. The van der Waals surface area contributed by atoms with E-state index in [2.05, 4.69) is 10.3 Å². The number of aromatic nitrogens is 1. The number of rotatable bonds is 6. The number of halogens is 1. The van der Waals surface area contributed by atoms with Crippen molar-refractivity contribution >= 4 is 10.9 Å². The maximum Gasteiger partial charge on any atom is 0.189 e. The topological polar surface area (TPSA) is 63.3 Å². The van der Waals surface area contributed by atoms with Gasteiger partial charge >= 0.3 is 0 Å². The molecule has 0 radical (unpaired) electrons. The molecule has 2 N–H and O–H groups in total. The van der Waals surface area contributed by atoms with E-state index in [-0.39, 0.29) is 5.43 Å². The molecule has 0 aliphatic heterocycles. The van der Waals surface area contributed by atoms with E-state index >= 15 is 0 Å². The van der Waals surface area contributed by atoms with Crippen LogP contribution in [0.15, 0.2) is 47.3 Å². The Bertz CT molecular complexity index is 953. The molecular weight excluding hydrogens is 323 g/mol. The van der Waals surface area contributed by atoms with Crippen LogP contribution in [0.5, 0.6) is 11.5 Å². The molecule has 1 aromatic heterocycles. The summed E-state index contributed by atoms with van der Waals surface area (Å²) in [4.78, 5) is 15.3. The summed E-state index contributed by atoms with van der Waals surface area (Å²) in [5.74, 6) is 1.04. The first-order valence-corrected chi connectivity index (χ1v) is 7.84. The Hall–Kier alpha value is -2.86. The van der Waals surface area contributed by atoms with E-state index in [1.165, 1.54) is 18.2 Å². The van der Waals surface area contributed by atoms with Crippen molar-refractivity contribution < 1.29 is 13.9 Å². The summed E-state index contributed by atoms with van der Waals surface area (Å²) in [6.07, 6.45) is 0. The van der Waals surface area contributed by atoms with Crippen LogP contribution in [0.2, 0.25) is 0 Å². The van der Waals surface area contributed by atoms with Crippen LogP contribution in [-0.2, 0) is 13.1 Å². The zero-order chi connectivity index (χ0) is 17.8. The van der Waals surface area contributed by atoms with E-state index in [1.54, 1.807) is 20.3 Å². The predicted molar refractivity (Wildman–Crippen MR) is 94.6 cm³/mol. The molecule has 25 heavy (non-hydrogen) atoms. The lowest BCUT2D eigenvalue weighted by Crippen LogP contribution is -2.16. The minimum Gasteiger partial charge on any atom is -0.497 e. The third-order valence-corrected chi connectivity index (χ3v) is 3.97. The van der Waals surface area contributed by atoms with Crippen molar-refractivity contribution in [3.63, 3.8) is 0 Å². The second kappa shape index (κ2) is 7.36. The van der Waals surface area contributed by atoms with Gasteiger partial charge in [0.05, 0.1) is 14.2 Å². The highest BCUT2D eigenvalue weighted by atomic mass is 19.1. The van der Waals surface area contributed by atoms with E-state index in [1.807, 2.05) is 18.2 Å². The Labute approximate surface area is 144 Å². The van der Waals surface area contributed by atoms with Crippen LogP contribution in [0.3, 0.4) is 0 Å². The number of methoxy groups -OCH3 is 2. The Morgan fingerprint density at radius 2 is 1.88 bits per heavy atom. The van der Waals surface area contributed by atoms with Crippen LogP contribution in [0.25, 0.3) is 10.9 Å². The summed E-state index contributed by atoms with van der Waals surface area (Å²) in [5.41, 5.74) is 2.13. The summed E-state index contributed by atoms with van der Waals surface area (Å²) in [5, 5.41) is 3.62. The second-order valence-electron chi connectivity index (χ2n) is 5.63. The van der Waals surface area contributed by atoms with Gasteiger partial charge in [-0.3, -0.25) is 4.79 Å². The molecule has 0 fully saturated rings. The fraction of sp³-hybridized carbons (Fsp3) is 0.211. The lowest BCUT2D eigenvalue weighted by Gasteiger charge is -2.11. The van der Waals surface area contributed by atoms with Crippen molar-refractivity contribution in [3.8, 4) is 11.5 Å². The number of pyridine rings is 1. The molecule has 0 saturated carbocycles. The number of hydrogen-bond acceptors (Lipinski definition) is 4. The largest absolute Gasteiger partial charge is 0.497 e. The summed E-state index contributed by atoms with van der Waals surface area (Å²) in [6.45, 7) is 1.04. The van der Waals surface area contributed by atoms with E-state index in [0.717, 1.165) is 22.8 Å². The number of benzene rings is 2. The molecule has 0 unspecified atom stereocenters. The molecule has 3 rings (SSSR count). The van der Waals surface area contributed by atoms with Gasteiger partial charge < -0.3 is 19.8 Å². The minimum absolute atomic E-state index is 0.202. The molecule has 0 atom stereocenters. The molecule has 1 heterocycles. The fourth-order valence-corrected chi connectivity index (χ4v) is 2.70. The van der Waals surface area contributed by atoms with Crippen LogP contribution in [0, 0.1) is 5.82 Å². The van der Waals surface area contributed by atoms with Gasteiger partial charge in [0.1, 0.15) is 17.3 Å². The monoisotopic (exact) mass is 342 g/mol. The molecule has 0 aliphatic rings. The molecular formula is C19H19FN2O3. The minimum atomic E-state index is -0.421. The van der Waals surface area contributed by atoms with Crippen molar-refractivity contribution in [1.29, 1.82) is 0 Å². The SMILES string of the molecule is COc1ccc(CNCc2cc(=O)c3cc(F)ccc3[nH]2)c(OC)c1. The first-order valence-electron chi connectivity index (χ1n) is 7.84. The first kappa shape index (κ1) is 17.0. The van der Waals surface area contributed by atoms with Gasteiger partial charge in [0, 0.05) is 47.4 Å². The standard InChI is InChI=1S/C19H19FN2O3/c1-24-15-5-3-12(19(9-15)25-2)10-21-11-14-8-18(23)16-7-13(20)4-6-17(16)22-14/h3-9,21H,10-11H2,1-2H3,(H,22,23). The molecule has 0 aliphatic carbocycles. The quantitative estimate of drug-likeness (QED) is 0.723. The molecule has 2 aromatic carbocycles. The number of nitrogens with one attached hydrogen (secondary N) is 2. The van der Waals surface area contributed by atoms with Crippen molar-refractivity contribution in [2.75, 3.05) is 14.2 Å². The Kier molecular flexibility index (Phi) is 5.00. The average Bonchev–Trinajstić information content (AvgIpc) is 2.62. The second-order valence-corrected chi connectivity index (χ2v) is 5.63. The molecule has 0 amide bonds. The molecule has 6 heteroatoms. The summed E-state index contributed by atoms with van der Waals surface area (Å²) >= 11 is 0. The number of aromatic amines is 1. The number of hydrogen-bond donors (Lipinski definition) is 2. The van der Waals surface area contributed by atoms with Crippen LogP contribution in [-0.4, -0.2) is 19.2 Å². The smallest absolute Gasteiger partial charge is 0.189 e. The Balaban J connectivity index is 1.73. The zero-order valence-electron chi connectivity index (χ0n) is 14.1. The normalized spacial score (nSPS) is 10.8. The molecule has 5 nitrogen and oxygen atoms in total. The van der Waals surface area contributed by atoms with E-state index in [0.29, 0.717) is 24.0 Å². The van der Waals surface area contributed by atoms with Gasteiger partial charge in [-0.2, -0.15) is 0 Å². The maximum absolute atomic E-state index is 13.2. The molecule has 0 bridgehead atoms. The highest BCUT2D eigenvalue weighted by Crippen LogP contribution is 2.24. The maximum atomic E-state index is 13.2. The van der Waals surface area contributed by atoms with Gasteiger partial charge in [-0.05, 0) is 24.3 Å². The lowest BCUT2D eigenvalue weighted by atomic mass is 10.1. The lowest BCUT2D eigenvalue weighted by molar-refractivity contribution is 0.389. The van der Waals surface area contributed by atoms with Crippen molar-refractivity contribution in [3.05, 3.63) is 69.8 Å². The number of ether oxygens (including phenoxy) is 2. The third-order valence-electron chi connectivity index (χ3n) is 3.97. The van der Waals surface area contributed by atoms with Crippen molar-refractivity contribution in [2.24, 2.45) is 0 Å². The molecule has 130 valence electrons. The predicted octanol–water partition coefficient (Wildman–Crippen LogP) is 2.97. The summed E-state index contributed by atoms with van der Waals surface area (Å²) < 4.78 is 23.8.